The monoisotopic (exact) mass is 494 g/mol. The summed E-state index contributed by atoms with van der Waals surface area (Å²) in [6, 6.07) is 5.45. The highest BCUT2D eigenvalue weighted by atomic mass is 32.1. The first kappa shape index (κ1) is 24.0. The summed E-state index contributed by atoms with van der Waals surface area (Å²) in [4.78, 5) is 33.0. The number of morpholine rings is 1. The van der Waals surface area contributed by atoms with Crippen LogP contribution in [0.25, 0.3) is 10.2 Å². The third-order valence-electron chi connectivity index (χ3n) is 5.35. The minimum absolute atomic E-state index is 0.0704. The number of rotatable bonds is 4. The van der Waals surface area contributed by atoms with E-state index >= 15 is 0 Å². The standard InChI is InChI=1S/C20H18F2N4O5S.C2H6/c1-10(26-4-5-29-15(9-26)11-2-3-17(27)23-8-11)18(28)25-19-24-12-6-13-14(7-16(12)32-19)31-20(21,22)30-13;1-2/h2-3,6-8,10,15H,4-5,9H2,1H3,(H,23,27)(H,24,25,28);1-2H3. The zero-order valence-electron chi connectivity index (χ0n) is 18.8. The van der Waals surface area contributed by atoms with E-state index in [0.29, 0.717) is 35.0 Å². The fourth-order valence-electron chi connectivity index (χ4n) is 3.65. The van der Waals surface area contributed by atoms with Gasteiger partial charge in [0.15, 0.2) is 16.6 Å². The number of hydrogen-bond donors (Lipinski definition) is 2. The molecule has 0 bridgehead atoms. The first-order valence-electron chi connectivity index (χ1n) is 10.8. The molecule has 9 nitrogen and oxygen atoms in total. The van der Waals surface area contributed by atoms with Gasteiger partial charge in [-0.3, -0.25) is 14.5 Å². The molecule has 12 heteroatoms. The number of amides is 1. The molecule has 1 saturated heterocycles. The number of benzene rings is 1. The van der Waals surface area contributed by atoms with Crippen LogP contribution in [0.3, 0.4) is 0 Å². The molecule has 3 aromatic rings. The maximum atomic E-state index is 13.2. The summed E-state index contributed by atoms with van der Waals surface area (Å²) in [5, 5.41) is 3.14. The number of carbonyl (C=O) groups is 1. The first-order chi connectivity index (χ1) is 16.3. The molecule has 4 heterocycles. The molecule has 2 atom stereocenters. The Morgan fingerprint density at radius 1 is 1.29 bits per heavy atom. The second-order valence-electron chi connectivity index (χ2n) is 7.46. The van der Waals surface area contributed by atoms with Crippen LogP contribution in [0.2, 0.25) is 0 Å². The minimum atomic E-state index is -3.69. The molecular formula is C22H24F2N4O5S. The number of pyridine rings is 1. The van der Waals surface area contributed by atoms with Gasteiger partial charge < -0.3 is 24.5 Å². The number of aromatic nitrogens is 2. The predicted octanol–water partition coefficient (Wildman–Crippen LogP) is 3.73. The van der Waals surface area contributed by atoms with Gasteiger partial charge in [0.25, 0.3) is 0 Å². The second-order valence-corrected chi connectivity index (χ2v) is 8.49. The molecule has 2 unspecified atom stereocenters. The van der Waals surface area contributed by atoms with Gasteiger partial charge >= 0.3 is 6.29 Å². The third-order valence-corrected chi connectivity index (χ3v) is 6.28. The number of nitrogens with one attached hydrogen (secondary N) is 2. The van der Waals surface area contributed by atoms with Gasteiger partial charge in [0.2, 0.25) is 11.5 Å². The largest absolute Gasteiger partial charge is 0.586 e. The highest BCUT2D eigenvalue weighted by Gasteiger charge is 2.43. The minimum Gasteiger partial charge on any atom is -0.395 e. The molecule has 5 rings (SSSR count). The average Bonchev–Trinajstić information content (AvgIpc) is 3.35. The number of fused-ring (bicyclic) bond motifs is 2. The topological polar surface area (TPSA) is 106 Å². The summed E-state index contributed by atoms with van der Waals surface area (Å²) in [6.07, 6.45) is -2.34. The molecular weight excluding hydrogens is 470 g/mol. The number of aromatic amines is 1. The maximum Gasteiger partial charge on any atom is 0.586 e. The van der Waals surface area contributed by atoms with E-state index in [4.69, 9.17) is 4.74 Å². The molecule has 1 amide bonds. The van der Waals surface area contributed by atoms with E-state index in [9.17, 15) is 18.4 Å². The van der Waals surface area contributed by atoms with Crippen molar-refractivity contribution in [2.75, 3.05) is 25.0 Å². The van der Waals surface area contributed by atoms with Crippen LogP contribution in [0.5, 0.6) is 11.5 Å². The van der Waals surface area contributed by atoms with Crippen molar-refractivity contribution >= 4 is 32.6 Å². The maximum absolute atomic E-state index is 13.2. The van der Waals surface area contributed by atoms with Crippen molar-refractivity contribution in [3.8, 4) is 11.5 Å². The van der Waals surface area contributed by atoms with E-state index < -0.39 is 12.3 Å². The summed E-state index contributed by atoms with van der Waals surface area (Å²) in [6.45, 7) is 7.29. The van der Waals surface area contributed by atoms with Gasteiger partial charge in [0.05, 0.1) is 29.0 Å². The van der Waals surface area contributed by atoms with Gasteiger partial charge in [-0.2, -0.15) is 0 Å². The number of halogens is 2. The summed E-state index contributed by atoms with van der Waals surface area (Å²) >= 11 is 1.15. The fraction of sp³-hybridized carbons (Fsp3) is 0.409. The van der Waals surface area contributed by atoms with Crippen LogP contribution in [0.4, 0.5) is 13.9 Å². The molecule has 2 aromatic heterocycles. The van der Waals surface area contributed by atoms with Gasteiger partial charge in [-0.15, -0.1) is 8.78 Å². The van der Waals surface area contributed by atoms with Crippen molar-refractivity contribution in [1.82, 2.24) is 14.9 Å². The van der Waals surface area contributed by atoms with Gasteiger partial charge in [0, 0.05) is 37.5 Å². The number of thiazole rings is 1. The van der Waals surface area contributed by atoms with E-state index in [1.54, 1.807) is 19.2 Å². The Hall–Kier alpha value is -3.09. The number of carbonyl (C=O) groups excluding carboxylic acids is 1. The SMILES string of the molecule is CC.CC(C(=O)Nc1nc2cc3c(cc2s1)OC(F)(F)O3)N1CCOC(c2ccc(=O)[nH]c2)C1. The predicted molar refractivity (Wildman–Crippen MR) is 123 cm³/mol. The van der Waals surface area contributed by atoms with Gasteiger partial charge in [-0.1, -0.05) is 25.2 Å². The molecule has 1 aromatic carbocycles. The third kappa shape index (κ3) is 5.03. The lowest BCUT2D eigenvalue weighted by molar-refractivity contribution is -0.286. The van der Waals surface area contributed by atoms with Crippen LogP contribution < -0.4 is 20.3 Å². The summed E-state index contributed by atoms with van der Waals surface area (Å²) < 4.78 is 41.7. The zero-order chi connectivity index (χ0) is 24.5. The van der Waals surface area contributed by atoms with E-state index in [1.807, 2.05) is 18.7 Å². The Kier molecular flexibility index (Phi) is 6.82. The summed E-state index contributed by atoms with van der Waals surface area (Å²) in [5.74, 6) is -0.419. The Balaban J connectivity index is 0.00000133. The van der Waals surface area contributed by atoms with Crippen molar-refractivity contribution < 1.29 is 27.8 Å². The molecule has 182 valence electrons. The van der Waals surface area contributed by atoms with E-state index in [-0.39, 0.29) is 29.1 Å². The molecule has 2 aliphatic rings. The van der Waals surface area contributed by atoms with Crippen LogP contribution in [0.1, 0.15) is 32.4 Å². The van der Waals surface area contributed by atoms with Crippen molar-refractivity contribution in [3.63, 3.8) is 0 Å². The average molecular weight is 495 g/mol. The van der Waals surface area contributed by atoms with E-state index in [0.717, 1.165) is 16.9 Å². The van der Waals surface area contributed by atoms with Crippen LogP contribution >= 0.6 is 11.3 Å². The Morgan fingerprint density at radius 3 is 2.74 bits per heavy atom. The van der Waals surface area contributed by atoms with E-state index in [2.05, 4.69) is 24.8 Å². The van der Waals surface area contributed by atoms with E-state index in [1.165, 1.54) is 18.2 Å². The van der Waals surface area contributed by atoms with Gasteiger partial charge in [0.1, 0.15) is 0 Å². The molecule has 0 saturated carbocycles. The molecule has 0 spiro atoms. The molecule has 1 fully saturated rings. The van der Waals surface area contributed by atoms with Crippen LogP contribution in [-0.4, -0.2) is 52.8 Å². The van der Waals surface area contributed by atoms with Crippen LogP contribution in [-0.2, 0) is 9.53 Å². The van der Waals surface area contributed by atoms with Crippen molar-refractivity contribution in [2.45, 2.75) is 39.2 Å². The first-order valence-corrected chi connectivity index (χ1v) is 11.6. The molecule has 0 radical (unpaired) electrons. The smallest absolute Gasteiger partial charge is 0.395 e. The summed E-state index contributed by atoms with van der Waals surface area (Å²) in [7, 11) is 0. The lowest BCUT2D eigenvalue weighted by atomic mass is 10.1. The second kappa shape index (κ2) is 9.65. The van der Waals surface area contributed by atoms with Crippen LogP contribution in [0.15, 0.2) is 35.3 Å². The molecule has 34 heavy (non-hydrogen) atoms. The Labute approximate surface area is 197 Å². The highest BCUT2D eigenvalue weighted by Crippen LogP contribution is 2.44. The quantitative estimate of drug-likeness (QED) is 0.569. The highest BCUT2D eigenvalue weighted by molar-refractivity contribution is 7.22. The fourth-order valence-corrected chi connectivity index (χ4v) is 4.53. The number of alkyl halides is 2. The van der Waals surface area contributed by atoms with Crippen LogP contribution in [0, 0.1) is 0 Å². The number of anilines is 1. The van der Waals surface area contributed by atoms with Crippen molar-refractivity contribution in [1.29, 1.82) is 0 Å². The molecule has 2 aliphatic heterocycles. The Morgan fingerprint density at radius 2 is 2.03 bits per heavy atom. The number of hydrogen-bond acceptors (Lipinski definition) is 8. The zero-order valence-corrected chi connectivity index (χ0v) is 19.6. The Bertz CT molecular complexity index is 1180. The normalized spacial score (nSPS) is 19.9. The van der Waals surface area contributed by atoms with Crippen molar-refractivity contribution in [2.24, 2.45) is 0 Å². The number of H-pyrrole nitrogens is 1. The van der Waals surface area contributed by atoms with Gasteiger partial charge in [-0.05, 0) is 18.6 Å². The lowest BCUT2D eigenvalue weighted by Gasteiger charge is -2.36. The van der Waals surface area contributed by atoms with Gasteiger partial charge in [-0.25, -0.2) is 4.98 Å². The molecule has 2 N–H and O–H groups in total. The summed E-state index contributed by atoms with van der Waals surface area (Å²) in [5.41, 5.74) is 1.06. The van der Waals surface area contributed by atoms with Crippen molar-refractivity contribution in [3.05, 3.63) is 46.4 Å². The number of ether oxygens (including phenoxy) is 3. The lowest BCUT2D eigenvalue weighted by Crippen LogP contribution is -2.48. The number of nitrogens with zero attached hydrogens (tertiary/aromatic N) is 2. The molecule has 0 aliphatic carbocycles.